The average Bonchev–Trinajstić information content (AvgIpc) is 3.29. The van der Waals surface area contributed by atoms with Crippen LogP contribution >= 0.6 is 11.6 Å². The smallest absolute Gasteiger partial charge is 0.270 e. The van der Waals surface area contributed by atoms with Crippen molar-refractivity contribution in [3.63, 3.8) is 0 Å². The summed E-state index contributed by atoms with van der Waals surface area (Å²) in [7, 11) is 0. The highest BCUT2D eigenvalue weighted by molar-refractivity contribution is 6.36. The lowest BCUT2D eigenvalue weighted by Crippen LogP contribution is -2.04. The fourth-order valence-corrected chi connectivity index (χ4v) is 3.83. The lowest BCUT2D eigenvalue weighted by atomic mass is 10.0. The molecule has 132 valence electrons. The molecule has 0 radical (unpaired) electrons. The van der Waals surface area contributed by atoms with E-state index in [1.54, 1.807) is 12.3 Å². The Bertz CT molecular complexity index is 1020. The first kappa shape index (κ1) is 16.7. The fourth-order valence-electron chi connectivity index (χ4n) is 3.60. The maximum atomic E-state index is 13.1. The van der Waals surface area contributed by atoms with Crippen molar-refractivity contribution in [2.24, 2.45) is 0 Å². The average molecular weight is 371 g/mol. The summed E-state index contributed by atoms with van der Waals surface area (Å²) in [4.78, 5) is 31.9. The first-order chi connectivity index (χ1) is 12.6. The van der Waals surface area contributed by atoms with Gasteiger partial charge in [-0.25, -0.2) is 9.97 Å². The molecule has 26 heavy (non-hydrogen) atoms. The maximum Gasteiger partial charge on any atom is 0.270 e. The molecule has 2 heterocycles. The second kappa shape index (κ2) is 6.49. The van der Waals surface area contributed by atoms with Crippen LogP contribution in [-0.4, -0.2) is 25.2 Å². The number of nitrogens with zero attached hydrogens (tertiary/aromatic N) is 4. The van der Waals surface area contributed by atoms with Crippen molar-refractivity contribution in [2.45, 2.75) is 31.7 Å². The molecule has 0 unspecified atom stereocenters. The van der Waals surface area contributed by atoms with E-state index < -0.39 is 4.92 Å². The van der Waals surface area contributed by atoms with E-state index in [4.69, 9.17) is 11.6 Å². The second-order valence-electron chi connectivity index (χ2n) is 6.39. The summed E-state index contributed by atoms with van der Waals surface area (Å²) in [5.74, 6) is -0.327. The molecule has 1 saturated carbocycles. The van der Waals surface area contributed by atoms with E-state index in [1.165, 1.54) is 24.5 Å². The van der Waals surface area contributed by atoms with Crippen LogP contribution in [-0.2, 0) is 0 Å². The summed E-state index contributed by atoms with van der Waals surface area (Å²) in [5, 5.41) is 11.7. The molecule has 1 aliphatic carbocycles. The van der Waals surface area contributed by atoms with Crippen LogP contribution in [0.15, 0.2) is 36.8 Å². The van der Waals surface area contributed by atoms with Crippen molar-refractivity contribution >= 4 is 34.1 Å². The van der Waals surface area contributed by atoms with Gasteiger partial charge in [0.05, 0.1) is 15.9 Å². The number of non-ortho nitro benzene ring substituents is 1. The van der Waals surface area contributed by atoms with Crippen molar-refractivity contribution in [1.29, 1.82) is 0 Å². The van der Waals surface area contributed by atoms with Gasteiger partial charge in [0.1, 0.15) is 17.1 Å². The van der Waals surface area contributed by atoms with Crippen LogP contribution in [0, 0.1) is 10.1 Å². The molecule has 0 bridgehead atoms. The highest BCUT2D eigenvalue weighted by Gasteiger charge is 2.26. The molecule has 0 spiro atoms. The van der Waals surface area contributed by atoms with Gasteiger partial charge in [-0.3, -0.25) is 14.9 Å². The molecule has 0 saturated heterocycles. The molecular weight excluding hydrogens is 356 g/mol. The Hall–Kier alpha value is -2.80. The molecule has 2 aromatic heterocycles. The van der Waals surface area contributed by atoms with Gasteiger partial charge in [-0.1, -0.05) is 36.6 Å². The van der Waals surface area contributed by atoms with Crippen molar-refractivity contribution in [3.8, 4) is 0 Å². The molecule has 0 amide bonds. The Morgan fingerprint density at radius 3 is 2.77 bits per heavy atom. The Labute approximate surface area is 153 Å². The van der Waals surface area contributed by atoms with Gasteiger partial charge < -0.3 is 4.57 Å². The number of nitro benzene ring substituents is 1. The predicted octanol–water partition coefficient (Wildman–Crippen LogP) is 4.34. The molecule has 0 N–H and O–H groups in total. The highest BCUT2D eigenvalue weighted by Crippen LogP contribution is 2.36. The third-order valence-electron chi connectivity index (χ3n) is 4.84. The van der Waals surface area contributed by atoms with Gasteiger partial charge in [0, 0.05) is 29.9 Å². The van der Waals surface area contributed by atoms with E-state index in [1.807, 2.05) is 4.57 Å². The standard InChI is InChI=1S/C18H15ClN4O3/c19-17-15-14(16(24)11-4-3-7-13(8-11)23(25)26)9-22(12-5-1-2-6-12)18(15)21-10-20-17/h3-4,7-10,12H,1-2,5-6H2. The van der Waals surface area contributed by atoms with E-state index in [-0.39, 0.29) is 28.2 Å². The molecule has 8 heteroatoms. The van der Waals surface area contributed by atoms with Gasteiger partial charge in [0.2, 0.25) is 0 Å². The first-order valence-corrected chi connectivity index (χ1v) is 8.74. The molecule has 7 nitrogen and oxygen atoms in total. The van der Waals surface area contributed by atoms with Crippen LogP contribution in [0.5, 0.6) is 0 Å². The lowest BCUT2D eigenvalue weighted by Gasteiger charge is -2.12. The summed E-state index contributed by atoms with van der Waals surface area (Å²) in [6, 6.07) is 5.97. The van der Waals surface area contributed by atoms with Crippen molar-refractivity contribution in [2.75, 3.05) is 0 Å². The highest BCUT2D eigenvalue weighted by atomic mass is 35.5. The Kier molecular flexibility index (Phi) is 4.16. The molecule has 1 aromatic carbocycles. The van der Waals surface area contributed by atoms with Crippen LogP contribution in [0.3, 0.4) is 0 Å². The van der Waals surface area contributed by atoms with Gasteiger partial charge in [-0.15, -0.1) is 0 Å². The normalized spacial score (nSPS) is 14.8. The zero-order valence-corrected chi connectivity index (χ0v) is 14.5. The summed E-state index contributed by atoms with van der Waals surface area (Å²) in [6.07, 6.45) is 7.47. The van der Waals surface area contributed by atoms with Crippen LogP contribution in [0.25, 0.3) is 11.0 Å². The van der Waals surface area contributed by atoms with E-state index in [9.17, 15) is 14.9 Å². The van der Waals surface area contributed by atoms with Gasteiger partial charge in [0.25, 0.3) is 5.69 Å². The molecule has 0 atom stereocenters. The largest absolute Gasteiger partial charge is 0.329 e. The number of aromatic nitrogens is 3. The van der Waals surface area contributed by atoms with Crippen LogP contribution in [0.2, 0.25) is 5.15 Å². The van der Waals surface area contributed by atoms with Gasteiger partial charge in [-0.2, -0.15) is 0 Å². The quantitative estimate of drug-likeness (QED) is 0.295. The van der Waals surface area contributed by atoms with E-state index >= 15 is 0 Å². The lowest BCUT2D eigenvalue weighted by molar-refractivity contribution is -0.384. The zero-order valence-electron chi connectivity index (χ0n) is 13.8. The number of nitro groups is 1. The van der Waals surface area contributed by atoms with Crippen molar-refractivity contribution in [1.82, 2.24) is 14.5 Å². The molecule has 4 rings (SSSR count). The van der Waals surface area contributed by atoms with Gasteiger partial charge in [-0.05, 0) is 12.8 Å². The Balaban J connectivity index is 1.87. The predicted molar refractivity (Wildman–Crippen MR) is 96.6 cm³/mol. The van der Waals surface area contributed by atoms with Crippen LogP contribution in [0.4, 0.5) is 5.69 Å². The number of ketones is 1. The van der Waals surface area contributed by atoms with E-state index in [0.29, 0.717) is 16.6 Å². The molecule has 1 fully saturated rings. The summed E-state index contributed by atoms with van der Waals surface area (Å²) < 4.78 is 2.00. The summed E-state index contributed by atoms with van der Waals surface area (Å²) in [5.41, 5.74) is 1.12. The minimum absolute atomic E-state index is 0.127. The first-order valence-electron chi connectivity index (χ1n) is 8.36. The fraction of sp³-hybridized carbons (Fsp3) is 0.278. The molecule has 3 aromatic rings. The Morgan fingerprint density at radius 1 is 1.27 bits per heavy atom. The number of halogens is 1. The Morgan fingerprint density at radius 2 is 2.04 bits per heavy atom. The SMILES string of the molecule is O=C(c1cccc([N+](=O)[O-])c1)c1cn(C2CCCC2)c2ncnc(Cl)c12. The van der Waals surface area contributed by atoms with Crippen LogP contribution in [0.1, 0.15) is 47.6 Å². The molecular formula is C18H15ClN4O3. The number of hydrogen-bond acceptors (Lipinski definition) is 5. The number of carbonyl (C=O) groups is 1. The summed E-state index contributed by atoms with van der Waals surface area (Å²) in [6.45, 7) is 0. The minimum atomic E-state index is -0.519. The third kappa shape index (κ3) is 2.74. The number of rotatable bonds is 4. The van der Waals surface area contributed by atoms with E-state index in [0.717, 1.165) is 25.7 Å². The van der Waals surface area contributed by atoms with Crippen LogP contribution < -0.4 is 0 Å². The molecule has 1 aliphatic rings. The maximum absolute atomic E-state index is 13.1. The van der Waals surface area contributed by atoms with Gasteiger partial charge in [0.15, 0.2) is 5.78 Å². The minimum Gasteiger partial charge on any atom is -0.329 e. The third-order valence-corrected chi connectivity index (χ3v) is 5.13. The second-order valence-corrected chi connectivity index (χ2v) is 6.75. The van der Waals surface area contributed by atoms with Crippen molar-refractivity contribution < 1.29 is 9.72 Å². The monoisotopic (exact) mass is 370 g/mol. The summed E-state index contributed by atoms with van der Waals surface area (Å²) >= 11 is 6.27. The number of fused-ring (bicyclic) bond motifs is 1. The number of hydrogen-bond donors (Lipinski definition) is 0. The zero-order chi connectivity index (χ0) is 18.3. The van der Waals surface area contributed by atoms with Crippen molar-refractivity contribution in [3.05, 3.63) is 63.2 Å². The molecule has 0 aliphatic heterocycles. The topological polar surface area (TPSA) is 90.9 Å². The van der Waals surface area contributed by atoms with E-state index in [2.05, 4.69) is 9.97 Å². The van der Waals surface area contributed by atoms with Gasteiger partial charge >= 0.3 is 0 Å². The number of benzene rings is 1. The number of carbonyl (C=O) groups excluding carboxylic acids is 1.